The van der Waals surface area contributed by atoms with Crippen molar-refractivity contribution in [3.05, 3.63) is 0 Å². The van der Waals surface area contributed by atoms with Crippen molar-refractivity contribution in [2.75, 3.05) is 39.0 Å². The van der Waals surface area contributed by atoms with Crippen LogP contribution in [0.15, 0.2) is 4.99 Å². The molecule has 24 heavy (non-hydrogen) atoms. The second kappa shape index (κ2) is 9.04. The normalized spacial score (nSPS) is 22.9. The third kappa shape index (κ3) is 6.24. The van der Waals surface area contributed by atoms with E-state index in [9.17, 15) is 8.42 Å². The first-order chi connectivity index (χ1) is 11.4. The minimum atomic E-state index is -3.19. The lowest BCUT2D eigenvalue weighted by Gasteiger charge is -2.25. The highest BCUT2D eigenvalue weighted by Gasteiger charge is 2.25. The molecular formula is C17H34N4O2S. The summed E-state index contributed by atoms with van der Waals surface area (Å²) in [6.07, 6.45) is 5.98. The summed E-state index contributed by atoms with van der Waals surface area (Å²) in [7, 11) is -1.43. The molecule has 2 fully saturated rings. The number of guanidine groups is 1. The molecule has 0 aromatic carbocycles. The van der Waals surface area contributed by atoms with E-state index < -0.39 is 10.0 Å². The molecule has 0 amide bonds. The quantitative estimate of drug-likeness (QED) is 0.511. The molecule has 140 valence electrons. The Morgan fingerprint density at radius 3 is 2.58 bits per heavy atom. The molecule has 1 atom stereocenters. The van der Waals surface area contributed by atoms with Gasteiger partial charge >= 0.3 is 0 Å². The summed E-state index contributed by atoms with van der Waals surface area (Å²) in [6, 6.07) is 0. The van der Waals surface area contributed by atoms with Crippen molar-refractivity contribution in [3.8, 4) is 0 Å². The SMILES string of the molecule is CN=C(NCCS(=O)(=O)NCC1CCC1)N1CCC(CC(C)C)C1. The van der Waals surface area contributed by atoms with E-state index in [-0.39, 0.29) is 5.75 Å². The van der Waals surface area contributed by atoms with Crippen molar-refractivity contribution in [1.82, 2.24) is 14.9 Å². The van der Waals surface area contributed by atoms with Gasteiger partial charge in [0.2, 0.25) is 10.0 Å². The molecule has 0 bridgehead atoms. The average molecular weight is 359 g/mol. The summed E-state index contributed by atoms with van der Waals surface area (Å²) < 4.78 is 26.8. The molecule has 0 radical (unpaired) electrons. The lowest BCUT2D eigenvalue weighted by molar-refractivity contribution is 0.316. The highest BCUT2D eigenvalue weighted by molar-refractivity contribution is 7.89. The van der Waals surface area contributed by atoms with E-state index in [4.69, 9.17) is 0 Å². The van der Waals surface area contributed by atoms with Gasteiger partial charge in [-0.15, -0.1) is 0 Å². The van der Waals surface area contributed by atoms with Crippen LogP contribution in [0.1, 0.15) is 46.0 Å². The highest BCUT2D eigenvalue weighted by atomic mass is 32.2. The number of likely N-dealkylation sites (tertiary alicyclic amines) is 1. The standard InChI is InChI=1S/C17H34N4O2S/c1-14(2)11-16-7-9-21(13-16)17(18-3)19-8-10-24(22,23)20-12-15-5-4-6-15/h14-16,20H,4-13H2,1-3H3,(H,18,19). The monoisotopic (exact) mass is 358 g/mol. The lowest BCUT2D eigenvalue weighted by Crippen LogP contribution is -2.43. The van der Waals surface area contributed by atoms with Crippen LogP contribution in [0.25, 0.3) is 0 Å². The van der Waals surface area contributed by atoms with E-state index in [1.165, 1.54) is 19.3 Å². The second-order valence-corrected chi connectivity index (χ2v) is 9.59. The third-order valence-corrected chi connectivity index (χ3v) is 6.42. The van der Waals surface area contributed by atoms with E-state index >= 15 is 0 Å². The van der Waals surface area contributed by atoms with Crippen LogP contribution in [0.5, 0.6) is 0 Å². The maximum atomic E-state index is 12.0. The van der Waals surface area contributed by atoms with Crippen molar-refractivity contribution in [2.45, 2.75) is 46.0 Å². The van der Waals surface area contributed by atoms with E-state index in [2.05, 4.69) is 33.8 Å². The van der Waals surface area contributed by atoms with E-state index in [0.717, 1.165) is 43.7 Å². The number of nitrogens with one attached hydrogen (secondary N) is 2. The number of hydrogen-bond donors (Lipinski definition) is 2. The molecule has 1 unspecified atom stereocenters. The summed E-state index contributed by atoms with van der Waals surface area (Å²) in [5, 5.41) is 3.21. The van der Waals surface area contributed by atoms with Crippen LogP contribution in [0.2, 0.25) is 0 Å². The maximum absolute atomic E-state index is 12.0. The zero-order chi connectivity index (χ0) is 17.6. The van der Waals surface area contributed by atoms with Crippen LogP contribution in [0.4, 0.5) is 0 Å². The fourth-order valence-corrected chi connectivity index (χ4v) is 4.53. The Morgan fingerprint density at radius 1 is 1.25 bits per heavy atom. The predicted molar refractivity (Wildman–Crippen MR) is 99.6 cm³/mol. The number of hydrogen-bond acceptors (Lipinski definition) is 3. The van der Waals surface area contributed by atoms with Gasteiger partial charge in [-0.25, -0.2) is 13.1 Å². The van der Waals surface area contributed by atoms with Gasteiger partial charge in [0.1, 0.15) is 0 Å². The molecule has 2 aliphatic rings. The molecule has 1 saturated heterocycles. The second-order valence-electron chi connectivity index (χ2n) is 7.67. The van der Waals surface area contributed by atoms with Gasteiger partial charge in [0.05, 0.1) is 5.75 Å². The summed E-state index contributed by atoms with van der Waals surface area (Å²) in [4.78, 5) is 6.57. The van der Waals surface area contributed by atoms with Gasteiger partial charge in [-0.1, -0.05) is 20.3 Å². The first kappa shape index (κ1) is 19.5. The molecule has 1 saturated carbocycles. The Kier molecular flexibility index (Phi) is 7.34. The van der Waals surface area contributed by atoms with Crippen LogP contribution < -0.4 is 10.0 Å². The summed E-state index contributed by atoms with van der Waals surface area (Å²) in [5.74, 6) is 2.91. The Hall–Kier alpha value is -0.820. The van der Waals surface area contributed by atoms with Gasteiger partial charge in [0.15, 0.2) is 5.96 Å². The van der Waals surface area contributed by atoms with Gasteiger partial charge < -0.3 is 10.2 Å². The van der Waals surface area contributed by atoms with Crippen molar-refractivity contribution in [2.24, 2.45) is 22.7 Å². The molecule has 0 aromatic rings. The minimum absolute atomic E-state index is 0.0992. The summed E-state index contributed by atoms with van der Waals surface area (Å²) in [5.41, 5.74) is 0. The Bertz CT molecular complexity index is 515. The molecule has 1 heterocycles. The van der Waals surface area contributed by atoms with Crippen LogP contribution in [-0.2, 0) is 10.0 Å². The van der Waals surface area contributed by atoms with Crippen molar-refractivity contribution >= 4 is 16.0 Å². The zero-order valence-electron chi connectivity index (χ0n) is 15.4. The number of sulfonamides is 1. The van der Waals surface area contributed by atoms with Crippen LogP contribution in [-0.4, -0.2) is 58.3 Å². The Labute approximate surface area is 147 Å². The van der Waals surface area contributed by atoms with Gasteiger partial charge in [0, 0.05) is 33.2 Å². The highest BCUT2D eigenvalue weighted by Crippen LogP contribution is 2.25. The van der Waals surface area contributed by atoms with E-state index in [0.29, 0.717) is 19.0 Å². The molecule has 0 spiro atoms. The molecular weight excluding hydrogens is 324 g/mol. The van der Waals surface area contributed by atoms with Crippen LogP contribution >= 0.6 is 0 Å². The topological polar surface area (TPSA) is 73.8 Å². The Morgan fingerprint density at radius 2 is 2.00 bits per heavy atom. The lowest BCUT2D eigenvalue weighted by atomic mass is 9.86. The fraction of sp³-hybridized carbons (Fsp3) is 0.941. The minimum Gasteiger partial charge on any atom is -0.355 e. The number of rotatable bonds is 8. The average Bonchev–Trinajstić information content (AvgIpc) is 2.89. The first-order valence-corrected chi connectivity index (χ1v) is 11.0. The summed E-state index contributed by atoms with van der Waals surface area (Å²) in [6.45, 7) is 7.54. The molecule has 1 aliphatic heterocycles. The Balaban J connectivity index is 1.69. The molecule has 1 aliphatic carbocycles. The fourth-order valence-electron chi connectivity index (χ4n) is 3.53. The molecule has 0 aromatic heterocycles. The third-order valence-electron chi connectivity index (χ3n) is 5.07. The van der Waals surface area contributed by atoms with Crippen molar-refractivity contribution < 1.29 is 8.42 Å². The first-order valence-electron chi connectivity index (χ1n) is 9.32. The summed E-state index contributed by atoms with van der Waals surface area (Å²) >= 11 is 0. The van der Waals surface area contributed by atoms with E-state index in [1.54, 1.807) is 7.05 Å². The predicted octanol–water partition coefficient (Wildman–Crippen LogP) is 1.65. The van der Waals surface area contributed by atoms with E-state index in [1.807, 2.05) is 0 Å². The van der Waals surface area contributed by atoms with Gasteiger partial charge in [0.25, 0.3) is 0 Å². The van der Waals surface area contributed by atoms with Gasteiger partial charge in [-0.2, -0.15) is 0 Å². The molecule has 6 nitrogen and oxygen atoms in total. The number of aliphatic imine (C=N–C) groups is 1. The smallest absolute Gasteiger partial charge is 0.213 e. The molecule has 2 N–H and O–H groups in total. The van der Waals surface area contributed by atoms with Gasteiger partial charge in [-0.3, -0.25) is 4.99 Å². The van der Waals surface area contributed by atoms with Gasteiger partial charge in [-0.05, 0) is 43.4 Å². The zero-order valence-corrected chi connectivity index (χ0v) is 16.2. The maximum Gasteiger partial charge on any atom is 0.213 e. The van der Waals surface area contributed by atoms with Crippen LogP contribution in [0.3, 0.4) is 0 Å². The molecule has 7 heteroatoms. The van der Waals surface area contributed by atoms with Crippen molar-refractivity contribution in [3.63, 3.8) is 0 Å². The van der Waals surface area contributed by atoms with Crippen molar-refractivity contribution in [1.29, 1.82) is 0 Å². The number of nitrogens with zero attached hydrogens (tertiary/aromatic N) is 2. The molecule has 2 rings (SSSR count). The largest absolute Gasteiger partial charge is 0.355 e. The van der Waals surface area contributed by atoms with Crippen LogP contribution in [0, 0.1) is 17.8 Å².